The van der Waals surface area contributed by atoms with Crippen LogP contribution in [0.3, 0.4) is 0 Å². The maximum absolute atomic E-state index is 12.6. The van der Waals surface area contributed by atoms with E-state index in [9.17, 15) is 9.59 Å². The van der Waals surface area contributed by atoms with Gasteiger partial charge in [-0.3, -0.25) is 9.59 Å². The van der Waals surface area contributed by atoms with Crippen molar-refractivity contribution in [1.82, 2.24) is 10.3 Å². The van der Waals surface area contributed by atoms with Crippen molar-refractivity contribution in [3.63, 3.8) is 0 Å². The SMILES string of the molecule is COc1ccc(/C=C\C(=O)N[C@H](C)C(=O)Nc2ncccc2OCC2CCCCC2)cc1. The van der Waals surface area contributed by atoms with Gasteiger partial charge in [0.1, 0.15) is 11.8 Å². The predicted molar refractivity (Wildman–Crippen MR) is 125 cm³/mol. The summed E-state index contributed by atoms with van der Waals surface area (Å²) in [4.78, 5) is 29.0. The average molecular weight is 438 g/mol. The lowest BCUT2D eigenvalue weighted by Gasteiger charge is -2.22. The minimum absolute atomic E-state index is 0.363. The van der Waals surface area contributed by atoms with Gasteiger partial charge >= 0.3 is 0 Å². The number of ether oxygens (including phenoxy) is 2. The van der Waals surface area contributed by atoms with Crippen molar-refractivity contribution < 1.29 is 19.1 Å². The molecule has 0 unspecified atom stereocenters. The number of benzene rings is 1. The molecule has 170 valence electrons. The number of pyridine rings is 1. The highest BCUT2D eigenvalue weighted by molar-refractivity contribution is 5.99. The van der Waals surface area contributed by atoms with Gasteiger partial charge in [-0.25, -0.2) is 4.98 Å². The summed E-state index contributed by atoms with van der Waals surface area (Å²) in [5, 5.41) is 5.43. The molecule has 0 aliphatic heterocycles. The third-order valence-electron chi connectivity index (χ3n) is 5.51. The van der Waals surface area contributed by atoms with E-state index in [2.05, 4.69) is 15.6 Å². The molecule has 32 heavy (non-hydrogen) atoms. The van der Waals surface area contributed by atoms with E-state index in [1.807, 2.05) is 24.3 Å². The number of amides is 2. The van der Waals surface area contributed by atoms with E-state index in [0.29, 0.717) is 24.1 Å². The number of methoxy groups -OCH3 is 1. The smallest absolute Gasteiger partial charge is 0.247 e. The van der Waals surface area contributed by atoms with Crippen molar-refractivity contribution in [1.29, 1.82) is 0 Å². The number of hydrogen-bond acceptors (Lipinski definition) is 5. The van der Waals surface area contributed by atoms with Gasteiger partial charge in [0, 0.05) is 12.3 Å². The fraction of sp³-hybridized carbons (Fsp3) is 0.400. The van der Waals surface area contributed by atoms with Crippen LogP contribution in [0.1, 0.15) is 44.6 Å². The number of carbonyl (C=O) groups is 2. The topological polar surface area (TPSA) is 89.5 Å². The molecule has 1 saturated carbocycles. The average Bonchev–Trinajstić information content (AvgIpc) is 2.83. The Labute approximate surface area is 189 Å². The van der Waals surface area contributed by atoms with Crippen molar-refractivity contribution in [2.24, 2.45) is 5.92 Å². The summed E-state index contributed by atoms with van der Waals surface area (Å²) in [7, 11) is 1.60. The van der Waals surface area contributed by atoms with Gasteiger partial charge in [-0.2, -0.15) is 0 Å². The first-order valence-electron chi connectivity index (χ1n) is 11.1. The maximum Gasteiger partial charge on any atom is 0.247 e. The Bertz CT molecular complexity index is 921. The summed E-state index contributed by atoms with van der Waals surface area (Å²) in [6.45, 7) is 2.25. The van der Waals surface area contributed by atoms with Gasteiger partial charge in [-0.05, 0) is 61.6 Å². The van der Waals surface area contributed by atoms with Crippen LogP contribution in [0.2, 0.25) is 0 Å². The maximum atomic E-state index is 12.6. The van der Waals surface area contributed by atoms with Crippen LogP contribution in [0.25, 0.3) is 6.08 Å². The van der Waals surface area contributed by atoms with Crippen molar-refractivity contribution in [3.05, 3.63) is 54.2 Å². The number of nitrogens with one attached hydrogen (secondary N) is 2. The lowest BCUT2D eigenvalue weighted by atomic mass is 9.90. The van der Waals surface area contributed by atoms with Crippen LogP contribution in [-0.2, 0) is 9.59 Å². The Morgan fingerprint density at radius 1 is 1.16 bits per heavy atom. The number of hydrogen-bond donors (Lipinski definition) is 2. The molecule has 0 saturated heterocycles. The molecule has 2 aromatic rings. The second-order valence-electron chi connectivity index (χ2n) is 7.99. The third-order valence-corrected chi connectivity index (χ3v) is 5.51. The van der Waals surface area contributed by atoms with Crippen LogP contribution in [0, 0.1) is 5.92 Å². The summed E-state index contributed by atoms with van der Waals surface area (Å²) >= 11 is 0. The van der Waals surface area contributed by atoms with E-state index >= 15 is 0 Å². The number of carbonyl (C=O) groups excluding carboxylic acids is 2. The van der Waals surface area contributed by atoms with Crippen molar-refractivity contribution >= 4 is 23.7 Å². The molecular formula is C25H31N3O4. The largest absolute Gasteiger partial charge is 0.497 e. The lowest BCUT2D eigenvalue weighted by Crippen LogP contribution is -2.41. The van der Waals surface area contributed by atoms with Gasteiger partial charge in [0.25, 0.3) is 0 Å². The molecule has 2 N–H and O–H groups in total. The molecule has 1 heterocycles. The van der Waals surface area contributed by atoms with E-state index in [4.69, 9.17) is 9.47 Å². The fourth-order valence-electron chi connectivity index (χ4n) is 3.60. The zero-order valence-electron chi connectivity index (χ0n) is 18.7. The van der Waals surface area contributed by atoms with E-state index in [0.717, 1.165) is 11.3 Å². The van der Waals surface area contributed by atoms with Crippen LogP contribution in [0.4, 0.5) is 5.82 Å². The molecule has 1 aromatic carbocycles. The van der Waals surface area contributed by atoms with E-state index < -0.39 is 6.04 Å². The van der Waals surface area contributed by atoms with Gasteiger partial charge in [0.05, 0.1) is 13.7 Å². The van der Waals surface area contributed by atoms with E-state index in [-0.39, 0.29) is 11.8 Å². The molecule has 3 rings (SSSR count). The van der Waals surface area contributed by atoms with Gasteiger partial charge in [0.15, 0.2) is 11.6 Å². The molecule has 0 spiro atoms. The molecule has 1 aliphatic carbocycles. The molecule has 7 nitrogen and oxygen atoms in total. The number of anilines is 1. The third kappa shape index (κ3) is 7.11. The van der Waals surface area contributed by atoms with Crippen LogP contribution in [0.15, 0.2) is 48.7 Å². The fourth-order valence-corrected chi connectivity index (χ4v) is 3.60. The highest BCUT2D eigenvalue weighted by atomic mass is 16.5. The summed E-state index contributed by atoms with van der Waals surface area (Å²) in [5.41, 5.74) is 0.853. The summed E-state index contributed by atoms with van der Waals surface area (Å²) in [6, 6.07) is 10.1. The van der Waals surface area contributed by atoms with Gasteiger partial charge in [0.2, 0.25) is 11.8 Å². The molecule has 1 aliphatic rings. The summed E-state index contributed by atoms with van der Waals surface area (Å²) in [6.07, 6.45) is 10.8. The molecule has 7 heteroatoms. The van der Waals surface area contributed by atoms with Gasteiger partial charge in [-0.1, -0.05) is 31.4 Å². The Balaban J connectivity index is 1.51. The highest BCUT2D eigenvalue weighted by Gasteiger charge is 2.19. The zero-order chi connectivity index (χ0) is 22.8. The Hall–Kier alpha value is -3.35. The van der Waals surface area contributed by atoms with Gasteiger partial charge < -0.3 is 20.1 Å². The molecule has 2 amide bonds. The minimum Gasteiger partial charge on any atom is -0.497 e. The second-order valence-corrected chi connectivity index (χ2v) is 7.99. The normalized spacial score (nSPS) is 15.2. The summed E-state index contributed by atoms with van der Waals surface area (Å²) in [5.74, 6) is 1.47. The number of nitrogens with zero attached hydrogens (tertiary/aromatic N) is 1. The molecule has 0 radical (unpaired) electrons. The standard InChI is InChI=1S/C25H31N3O4/c1-18(27-23(29)15-12-19-10-13-21(31-2)14-11-19)25(30)28-24-22(9-6-16-26-24)32-17-20-7-4-3-5-8-20/h6,9-16,18,20H,3-5,7-8,17H2,1-2H3,(H,27,29)(H,26,28,30)/b15-12-/t18-/m1/s1. The van der Waals surface area contributed by atoms with Crippen LogP contribution < -0.4 is 20.1 Å². The van der Waals surface area contributed by atoms with Gasteiger partial charge in [-0.15, -0.1) is 0 Å². The molecule has 0 bridgehead atoms. The number of aromatic nitrogens is 1. The zero-order valence-corrected chi connectivity index (χ0v) is 18.7. The first-order chi connectivity index (χ1) is 15.5. The number of rotatable bonds is 9. The monoisotopic (exact) mass is 437 g/mol. The van der Waals surface area contributed by atoms with E-state index in [1.54, 1.807) is 38.4 Å². The van der Waals surface area contributed by atoms with Crippen molar-refractivity contribution in [2.75, 3.05) is 19.0 Å². The lowest BCUT2D eigenvalue weighted by molar-refractivity contribution is -0.123. The van der Waals surface area contributed by atoms with Crippen LogP contribution >= 0.6 is 0 Å². The Morgan fingerprint density at radius 2 is 1.91 bits per heavy atom. The van der Waals surface area contributed by atoms with Crippen molar-refractivity contribution in [3.8, 4) is 11.5 Å². The molecule has 1 fully saturated rings. The van der Waals surface area contributed by atoms with Crippen LogP contribution in [-0.4, -0.2) is 36.6 Å². The minimum atomic E-state index is -0.740. The summed E-state index contributed by atoms with van der Waals surface area (Å²) < 4.78 is 11.1. The van der Waals surface area contributed by atoms with Crippen LogP contribution in [0.5, 0.6) is 11.5 Å². The Morgan fingerprint density at radius 3 is 2.62 bits per heavy atom. The first kappa shape index (κ1) is 23.3. The molecular weight excluding hydrogens is 406 g/mol. The second kappa shape index (κ2) is 11.9. The highest BCUT2D eigenvalue weighted by Crippen LogP contribution is 2.27. The molecule has 1 aromatic heterocycles. The van der Waals surface area contributed by atoms with Crippen molar-refractivity contribution in [2.45, 2.75) is 45.1 Å². The Kier molecular flexibility index (Phi) is 8.66. The predicted octanol–water partition coefficient (Wildman–Crippen LogP) is 4.21. The quantitative estimate of drug-likeness (QED) is 0.574. The molecule has 1 atom stereocenters. The van der Waals surface area contributed by atoms with E-state index in [1.165, 1.54) is 38.2 Å². The first-order valence-corrected chi connectivity index (χ1v) is 11.1.